The van der Waals surface area contributed by atoms with Gasteiger partial charge in [-0.2, -0.15) is 0 Å². The fraction of sp³-hybridized carbons (Fsp3) is 0.571. The molecule has 1 saturated heterocycles. The minimum Gasteiger partial charge on any atom is -0.316 e. The molecule has 1 unspecified atom stereocenters. The lowest BCUT2D eigenvalue weighted by molar-refractivity contribution is 0.295. The maximum absolute atomic E-state index is 13.0. The second-order valence-corrected chi connectivity index (χ2v) is 5.03. The summed E-state index contributed by atoms with van der Waals surface area (Å²) in [4.78, 5) is 0. The van der Waals surface area contributed by atoms with Crippen LogP contribution in [0.4, 0.5) is 4.39 Å². The summed E-state index contributed by atoms with van der Waals surface area (Å²) in [5, 5.41) is 6.98. The zero-order valence-electron chi connectivity index (χ0n) is 10.6. The third-order valence-electron chi connectivity index (χ3n) is 3.64. The van der Waals surface area contributed by atoms with Crippen LogP contribution in [0.5, 0.6) is 0 Å². The lowest BCUT2D eigenvalue weighted by Gasteiger charge is -2.30. The predicted molar refractivity (Wildman–Crippen MR) is 68.4 cm³/mol. The van der Waals surface area contributed by atoms with Crippen LogP contribution in [0, 0.1) is 18.7 Å². The predicted octanol–water partition coefficient (Wildman–Crippen LogP) is 2.22. The van der Waals surface area contributed by atoms with Crippen LogP contribution in [0.2, 0.25) is 0 Å². The maximum atomic E-state index is 13.0. The molecule has 2 nitrogen and oxygen atoms in total. The Morgan fingerprint density at radius 3 is 3.00 bits per heavy atom. The molecule has 1 heterocycles. The number of hydrogen-bond acceptors (Lipinski definition) is 2. The molecule has 2 rings (SSSR count). The Bertz CT molecular complexity index is 378. The molecule has 1 fully saturated rings. The molecule has 0 bridgehead atoms. The van der Waals surface area contributed by atoms with Gasteiger partial charge in [0.1, 0.15) is 5.82 Å². The molecule has 2 atom stereocenters. The van der Waals surface area contributed by atoms with Crippen molar-refractivity contribution in [1.82, 2.24) is 10.6 Å². The normalized spacial score (nSPS) is 24.9. The Morgan fingerprint density at radius 2 is 2.29 bits per heavy atom. The van der Waals surface area contributed by atoms with Gasteiger partial charge < -0.3 is 10.6 Å². The summed E-state index contributed by atoms with van der Waals surface area (Å²) in [6.45, 7) is 7.24. The first kappa shape index (κ1) is 12.5. The average Bonchev–Trinajstić information content (AvgIpc) is 2.30. The third kappa shape index (κ3) is 3.27. The number of hydrogen-bond donors (Lipinski definition) is 2. The molecule has 94 valence electrons. The molecule has 0 radical (unpaired) electrons. The highest BCUT2D eigenvalue weighted by atomic mass is 19.1. The van der Waals surface area contributed by atoms with Gasteiger partial charge in [0.05, 0.1) is 0 Å². The van der Waals surface area contributed by atoms with Crippen LogP contribution in [0.1, 0.15) is 24.5 Å². The molecule has 17 heavy (non-hydrogen) atoms. The molecule has 0 aliphatic carbocycles. The molecule has 0 amide bonds. The van der Waals surface area contributed by atoms with Crippen molar-refractivity contribution >= 4 is 0 Å². The number of piperidine rings is 1. The number of rotatable bonds is 3. The smallest absolute Gasteiger partial charge is 0.123 e. The van der Waals surface area contributed by atoms with Crippen molar-refractivity contribution in [3.05, 3.63) is 35.1 Å². The van der Waals surface area contributed by atoms with Crippen molar-refractivity contribution in [2.24, 2.45) is 5.92 Å². The van der Waals surface area contributed by atoms with E-state index in [0.29, 0.717) is 12.0 Å². The molecule has 0 spiro atoms. The summed E-state index contributed by atoms with van der Waals surface area (Å²) in [6, 6.07) is 5.59. The topological polar surface area (TPSA) is 24.1 Å². The van der Waals surface area contributed by atoms with Crippen LogP contribution in [0.3, 0.4) is 0 Å². The zero-order valence-corrected chi connectivity index (χ0v) is 10.6. The van der Waals surface area contributed by atoms with E-state index in [1.807, 2.05) is 13.0 Å². The summed E-state index contributed by atoms with van der Waals surface area (Å²) in [5.41, 5.74) is 2.22. The highest BCUT2D eigenvalue weighted by Crippen LogP contribution is 2.14. The van der Waals surface area contributed by atoms with Crippen LogP contribution in [0.15, 0.2) is 18.2 Å². The molecule has 3 heteroatoms. The summed E-state index contributed by atoms with van der Waals surface area (Å²) in [5.74, 6) is 0.506. The molecule has 0 aromatic heterocycles. The highest BCUT2D eigenvalue weighted by molar-refractivity contribution is 5.26. The minimum absolute atomic E-state index is 0.151. The SMILES string of the molecule is Cc1cc(F)ccc1CNC1CCNC[C@H]1C. The van der Waals surface area contributed by atoms with Gasteiger partial charge >= 0.3 is 0 Å². The largest absolute Gasteiger partial charge is 0.316 e. The fourth-order valence-corrected chi connectivity index (χ4v) is 2.42. The first-order chi connectivity index (χ1) is 8.16. The van der Waals surface area contributed by atoms with Crippen LogP contribution in [-0.4, -0.2) is 19.1 Å². The molecule has 1 aromatic carbocycles. The molecule has 1 aliphatic heterocycles. The lowest BCUT2D eigenvalue weighted by Crippen LogP contribution is -2.46. The standard InChI is InChI=1S/C14H21FN2/c1-10-7-13(15)4-3-12(10)9-17-14-5-6-16-8-11(14)2/h3-4,7,11,14,16-17H,5-6,8-9H2,1-2H3/t11-,14?/m1/s1. The van der Waals surface area contributed by atoms with Gasteiger partial charge in [0.25, 0.3) is 0 Å². The highest BCUT2D eigenvalue weighted by Gasteiger charge is 2.20. The van der Waals surface area contributed by atoms with E-state index in [9.17, 15) is 4.39 Å². The van der Waals surface area contributed by atoms with Gasteiger partial charge in [-0.1, -0.05) is 13.0 Å². The van der Waals surface area contributed by atoms with Crippen LogP contribution in [0.25, 0.3) is 0 Å². The monoisotopic (exact) mass is 236 g/mol. The van der Waals surface area contributed by atoms with Gasteiger partial charge in [0.15, 0.2) is 0 Å². The third-order valence-corrected chi connectivity index (χ3v) is 3.64. The average molecular weight is 236 g/mol. The number of aryl methyl sites for hydroxylation is 1. The Balaban J connectivity index is 1.92. The second-order valence-electron chi connectivity index (χ2n) is 5.03. The molecular formula is C14H21FN2. The van der Waals surface area contributed by atoms with Gasteiger partial charge in [0.2, 0.25) is 0 Å². The van der Waals surface area contributed by atoms with Gasteiger partial charge in [0, 0.05) is 12.6 Å². The van der Waals surface area contributed by atoms with Crippen molar-refractivity contribution in [1.29, 1.82) is 0 Å². The van der Waals surface area contributed by atoms with Crippen LogP contribution in [-0.2, 0) is 6.54 Å². The molecule has 0 saturated carbocycles. The lowest BCUT2D eigenvalue weighted by atomic mass is 9.95. The van der Waals surface area contributed by atoms with Gasteiger partial charge in [-0.15, -0.1) is 0 Å². The Labute approximate surface area is 103 Å². The van der Waals surface area contributed by atoms with Gasteiger partial charge in [-0.25, -0.2) is 4.39 Å². The van der Waals surface area contributed by atoms with E-state index >= 15 is 0 Å². The first-order valence-corrected chi connectivity index (χ1v) is 6.36. The number of nitrogens with one attached hydrogen (secondary N) is 2. The number of halogens is 1. The Kier molecular flexibility index (Phi) is 4.13. The van der Waals surface area contributed by atoms with Crippen LogP contribution >= 0.6 is 0 Å². The van der Waals surface area contributed by atoms with E-state index in [2.05, 4.69) is 17.6 Å². The van der Waals surface area contributed by atoms with E-state index in [1.165, 1.54) is 18.1 Å². The molecule has 1 aliphatic rings. The van der Waals surface area contributed by atoms with E-state index in [-0.39, 0.29) is 5.82 Å². The van der Waals surface area contributed by atoms with Crippen molar-refractivity contribution in [2.45, 2.75) is 32.9 Å². The summed E-state index contributed by atoms with van der Waals surface area (Å²) < 4.78 is 13.0. The second kappa shape index (κ2) is 5.61. The summed E-state index contributed by atoms with van der Waals surface area (Å²) in [7, 11) is 0. The van der Waals surface area contributed by atoms with Crippen molar-refractivity contribution < 1.29 is 4.39 Å². The zero-order chi connectivity index (χ0) is 12.3. The van der Waals surface area contributed by atoms with E-state index < -0.39 is 0 Å². The van der Waals surface area contributed by atoms with E-state index in [4.69, 9.17) is 0 Å². The number of benzene rings is 1. The molecule has 1 aromatic rings. The molecular weight excluding hydrogens is 215 g/mol. The van der Waals surface area contributed by atoms with Crippen molar-refractivity contribution in [3.8, 4) is 0 Å². The fourth-order valence-electron chi connectivity index (χ4n) is 2.42. The van der Waals surface area contributed by atoms with Gasteiger partial charge in [-0.05, 0) is 55.6 Å². The quantitative estimate of drug-likeness (QED) is 0.841. The summed E-state index contributed by atoms with van der Waals surface area (Å²) >= 11 is 0. The Morgan fingerprint density at radius 1 is 1.47 bits per heavy atom. The Hall–Kier alpha value is -0.930. The first-order valence-electron chi connectivity index (χ1n) is 6.36. The van der Waals surface area contributed by atoms with E-state index in [1.54, 1.807) is 6.07 Å². The van der Waals surface area contributed by atoms with E-state index in [0.717, 1.165) is 25.2 Å². The van der Waals surface area contributed by atoms with Crippen LogP contribution < -0.4 is 10.6 Å². The van der Waals surface area contributed by atoms with Crippen molar-refractivity contribution in [3.63, 3.8) is 0 Å². The molecule has 2 N–H and O–H groups in total. The minimum atomic E-state index is -0.151. The summed E-state index contributed by atoms with van der Waals surface area (Å²) in [6.07, 6.45) is 1.17. The van der Waals surface area contributed by atoms with Gasteiger partial charge in [-0.3, -0.25) is 0 Å². The van der Waals surface area contributed by atoms with Crippen molar-refractivity contribution in [2.75, 3.05) is 13.1 Å². The maximum Gasteiger partial charge on any atom is 0.123 e.